The van der Waals surface area contributed by atoms with Crippen LogP contribution in [0, 0.1) is 0 Å². The number of carbonyl (C=O) groups is 1. The number of hydrogen-bond donors (Lipinski definition) is 2. The molecule has 0 atom stereocenters. The van der Waals surface area contributed by atoms with Gasteiger partial charge in [0.25, 0.3) is 0 Å². The Morgan fingerprint density at radius 3 is 2.50 bits per heavy atom. The van der Waals surface area contributed by atoms with Crippen molar-refractivity contribution >= 4 is 28.9 Å². The summed E-state index contributed by atoms with van der Waals surface area (Å²) in [5.41, 5.74) is 1.45. The molecule has 0 aromatic heterocycles. The van der Waals surface area contributed by atoms with E-state index in [1.54, 1.807) is 19.2 Å². The zero-order valence-electron chi connectivity index (χ0n) is 11.0. The second-order valence-corrected chi connectivity index (χ2v) is 4.52. The first kappa shape index (κ1) is 14.2. The SMILES string of the molecule is COc1ccc(NCC(=O)Nc2ccccc2Cl)cc1. The summed E-state index contributed by atoms with van der Waals surface area (Å²) in [6.45, 7) is 0.164. The highest BCUT2D eigenvalue weighted by Gasteiger charge is 2.05. The highest BCUT2D eigenvalue weighted by Crippen LogP contribution is 2.20. The van der Waals surface area contributed by atoms with Gasteiger partial charge in [0.05, 0.1) is 24.4 Å². The average molecular weight is 291 g/mol. The van der Waals surface area contributed by atoms with Crippen LogP contribution >= 0.6 is 11.6 Å². The second-order valence-electron chi connectivity index (χ2n) is 4.11. The molecule has 0 aliphatic heterocycles. The van der Waals surface area contributed by atoms with Crippen LogP contribution in [0.5, 0.6) is 5.75 Å². The molecule has 5 heteroatoms. The van der Waals surface area contributed by atoms with E-state index in [2.05, 4.69) is 10.6 Å². The van der Waals surface area contributed by atoms with E-state index in [9.17, 15) is 4.79 Å². The van der Waals surface area contributed by atoms with Gasteiger partial charge in [0, 0.05) is 5.69 Å². The van der Waals surface area contributed by atoms with E-state index in [1.165, 1.54) is 0 Å². The number of amides is 1. The number of hydrogen-bond acceptors (Lipinski definition) is 3. The number of ether oxygens (including phenoxy) is 1. The summed E-state index contributed by atoms with van der Waals surface area (Å²) in [5, 5.41) is 6.29. The molecule has 20 heavy (non-hydrogen) atoms. The largest absolute Gasteiger partial charge is 0.497 e. The Hall–Kier alpha value is -2.20. The molecular weight excluding hydrogens is 276 g/mol. The van der Waals surface area contributed by atoms with Gasteiger partial charge in [0.15, 0.2) is 0 Å². The molecule has 0 bridgehead atoms. The number of methoxy groups -OCH3 is 1. The molecule has 2 N–H and O–H groups in total. The zero-order chi connectivity index (χ0) is 14.4. The number of rotatable bonds is 5. The molecular formula is C15H15ClN2O2. The predicted octanol–water partition coefficient (Wildman–Crippen LogP) is 3.40. The summed E-state index contributed by atoms with van der Waals surface area (Å²) in [7, 11) is 1.61. The van der Waals surface area contributed by atoms with Crippen molar-refractivity contribution in [2.45, 2.75) is 0 Å². The van der Waals surface area contributed by atoms with Crippen LogP contribution in [0.15, 0.2) is 48.5 Å². The first-order valence-corrected chi connectivity index (χ1v) is 6.49. The summed E-state index contributed by atoms with van der Waals surface area (Å²) in [6.07, 6.45) is 0. The highest BCUT2D eigenvalue weighted by atomic mass is 35.5. The molecule has 0 radical (unpaired) electrons. The van der Waals surface area contributed by atoms with Crippen LogP contribution in [0.25, 0.3) is 0 Å². The van der Waals surface area contributed by atoms with Crippen LogP contribution in [0.4, 0.5) is 11.4 Å². The Morgan fingerprint density at radius 1 is 1.15 bits per heavy atom. The van der Waals surface area contributed by atoms with Crippen molar-refractivity contribution < 1.29 is 9.53 Å². The normalized spacial score (nSPS) is 9.90. The Kier molecular flexibility index (Phi) is 4.85. The fourth-order valence-corrected chi connectivity index (χ4v) is 1.83. The van der Waals surface area contributed by atoms with Crippen LogP contribution < -0.4 is 15.4 Å². The second kappa shape index (κ2) is 6.82. The molecule has 0 aliphatic carbocycles. The number of para-hydroxylation sites is 1. The molecule has 104 valence electrons. The molecule has 0 saturated carbocycles. The van der Waals surface area contributed by atoms with E-state index in [0.29, 0.717) is 10.7 Å². The van der Waals surface area contributed by atoms with Crippen molar-refractivity contribution in [1.82, 2.24) is 0 Å². The van der Waals surface area contributed by atoms with E-state index >= 15 is 0 Å². The van der Waals surface area contributed by atoms with E-state index < -0.39 is 0 Å². The Bertz CT molecular complexity index is 585. The first-order valence-electron chi connectivity index (χ1n) is 6.11. The van der Waals surface area contributed by atoms with Gasteiger partial charge in [-0.1, -0.05) is 23.7 Å². The zero-order valence-corrected chi connectivity index (χ0v) is 11.8. The molecule has 1 amide bonds. The lowest BCUT2D eigenvalue weighted by atomic mass is 10.3. The number of nitrogens with one attached hydrogen (secondary N) is 2. The van der Waals surface area contributed by atoms with E-state index in [-0.39, 0.29) is 12.5 Å². The van der Waals surface area contributed by atoms with Crippen molar-refractivity contribution in [3.05, 3.63) is 53.6 Å². The summed E-state index contributed by atoms with van der Waals surface area (Å²) < 4.78 is 5.07. The van der Waals surface area contributed by atoms with Crippen LogP contribution in [-0.2, 0) is 4.79 Å². The fourth-order valence-electron chi connectivity index (χ4n) is 1.65. The van der Waals surface area contributed by atoms with E-state index in [4.69, 9.17) is 16.3 Å². The summed E-state index contributed by atoms with van der Waals surface area (Å²) >= 11 is 5.97. The van der Waals surface area contributed by atoms with Crippen LogP contribution in [0.3, 0.4) is 0 Å². The highest BCUT2D eigenvalue weighted by molar-refractivity contribution is 6.33. The van der Waals surface area contributed by atoms with Gasteiger partial charge in [-0.3, -0.25) is 4.79 Å². The third kappa shape index (κ3) is 3.90. The third-order valence-corrected chi connectivity index (χ3v) is 3.02. The minimum absolute atomic E-state index is 0.158. The average Bonchev–Trinajstić information content (AvgIpc) is 2.48. The van der Waals surface area contributed by atoms with E-state index in [0.717, 1.165) is 11.4 Å². The molecule has 0 aliphatic rings. The lowest BCUT2D eigenvalue weighted by molar-refractivity contribution is -0.114. The lowest BCUT2D eigenvalue weighted by Crippen LogP contribution is -2.21. The predicted molar refractivity (Wildman–Crippen MR) is 81.6 cm³/mol. The molecule has 0 spiro atoms. The maximum Gasteiger partial charge on any atom is 0.243 e. The quantitative estimate of drug-likeness (QED) is 0.887. The number of benzene rings is 2. The van der Waals surface area contributed by atoms with Crippen LogP contribution in [0.2, 0.25) is 5.02 Å². The molecule has 2 aromatic rings. The maximum atomic E-state index is 11.8. The number of carbonyl (C=O) groups excluding carboxylic acids is 1. The van der Waals surface area contributed by atoms with Crippen molar-refractivity contribution in [3.8, 4) is 5.75 Å². The Labute approximate surface area is 122 Å². The summed E-state index contributed by atoms with van der Waals surface area (Å²) in [4.78, 5) is 11.8. The van der Waals surface area contributed by atoms with Crippen molar-refractivity contribution in [3.63, 3.8) is 0 Å². The molecule has 0 heterocycles. The molecule has 0 saturated heterocycles. The molecule has 2 aromatic carbocycles. The van der Waals surface area contributed by atoms with Crippen LogP contribution in [-0.4, -0.2) is 19.6 Å². The molecule has 2 rings (SSSR count). The Balaban J connectivity index is 1.87. The lowest BCUT2D eigenvalue weighted by Gasteiger charge is -2.09. The topological polar surface area (TPSA) is 50.4 Å². The van der Waals surface area contributed by atoms with Gasteiger partial charge in [-0.2, -0.15) is 0 Å². The van der Waals surface area contributed by atoms with Gasteiger partial charge in [0.1, 0.15) is 5.75 Å². The van der Waals surface area contributed by atoms with Gasteiger partial charge in [0.2, 0.25) is 5.91 Å². The van der Waals surface area contributed by atoms with Gasteiger partial charge >= 0.3 is 0 Å². The summed E-state index contributed by atoms with van der Waals surface area (Å²) in [6, 6.07) is 14.5. The Morgan fingerprint density at radius 2 is 1.85 bits per heavy atom. The minimum atomic E-state index is -0.158. The minimum Gasteiger partial charge on any atom is -0.497 e. The summed E-state index contributed by atoms with van der Waals surface area (Å²) in [5.74, 6) is 0.616. The standard InChI is InChI=1S/C15H15ClN2O2/c1-20-12-8-6-11(7-9-12)17-10-15(19)18-14-5-3-2-4-13(14)16/h2-9,17H,10H2,1H3,(H,18,19). The maximum absolute atomic E-state index is 11.8. The smallest absolute Gasteiger partial charge is 0.243 e. The molecule has 4 nitrogen and oxygen atoms in total. The number of anilines is 2. The van der Waals surface area contributed by atoms with Gasteiger partial charge in [-0.15, -0.1) is 0 Å². The first-order chi connectivity index (χ1) is 9.69. The van der Waals surface area contributed by atoms with E-state index in [1.807, 2.05) is 36.4 Å². The van der Waals surface area contributed by atoms with Gasteiger partial charge in [-0.05, 0) is 36.4 Å². The van der Waals surface area contributed by atoms with Crippen molar-refractivity contribution in [1.29, 1.82) is 0 Å². The number of halogens is 1. The molecule has 0 fully saturated rings. The monoisotopic (exact) mass is 290 g/mol. The molecule has 0 unspecified atom stereocenters. The fraction of sp³-hybridized carbons (Fsp3) is 0.133. The van der Waals surface area contributed by atoms with Gasteiger partial charge < -0.3 is 15.4 Å². The van der Waals surface area contributed by atoms with Crippen molar-refractivity contribution in [2.24, 2.45) is 0 Å². The van der Waals surface area contributed by atoms with Gasteiger partial charge in [-0.25, -0.2) is 0 Å². The third-order valence-electron chi connectivity index (χ3n) is 2.69. The van der Waals surface area contributed by atoms with Crippen LogP contribution in [0.1, 0.15) is 0 Å². The van der Waals surface area contributed by atoms with Crippen molar-refractivity contribution in [2.75, 3.05) is 24.3 Å².